The van der Waals surface area contributed by atoms with Crippen LogP contribution in [0.15, 0.2) is 60.8 Å². The van der Waals surface area contributed by atoms with Crippen LogP contribution in [0.2, 0.25) is 0 Å². The van der Waals surface area contributed by atoms with Gasteiger partial charge in [0, 0.05) is 30.5 Å². The molecule has 0 atom stereocenters. The van der Waals surface area contributed by atoms with Gasteiger partial charge in [0.05, 0.1) is 36.6 Å². The topological polar surface area (TPSA) is 87.5 Å². The number of carbonyl (C=O) groups is 1. The normalized spacial score (nSPS) is 11.1. The van der Waals surface area contributed by atoms with E-state index in [2.05, 4.69) is 10.4 Å². The Morgan fingerprint density at radius 2 is 1.82 bits per heavy atom. The minimum absolute atomic E-state index is 0.0975. The van der Waals surface area contributed by atoms with Crippen LogP contribution in [0.4, 0.5) is 5.69 Å². The van der Waals surface area contributed by atoms with Crippen LogP contribution in [0.1, 0.15) is 30.2 Å². The number of nitrogens with one attached hydrogen (secondary N) is 1. The first-order chi connectivity index (χ1) is 16.5. The van der Waals surface area contributed by atoms with E-state index in [1.165, 1.54) is 0 Å². The largest absolute Gasteiger partial charge is 0.493 e. The number of methoxy groups -OCH3 is 2. The van der Waals surface area contributed by atoms with E-state index in [-0.39, 0.29) is 11.9 Å². The number of aromatic nitrogens is 3. The molecule has 2 aromatic heterocycles. The van der Waals surface area contributed by atoms with Crippen molar-refractivity contribution < 1.29 is 19.0 Å². The quantitative estimate of drug-likeness (QED) is 0.355. The van der Waals surface area contributed by atoms with Crippen molar-refractivity contribution >= 4 is 22.6 Å². The highest BCUT2D eigenvalue weighted by molar-refractivity contribution is 6.12. The third-order valence-electron chi connectivity index (χ3n) is 5.34. The van der Waals surface area contributed by atoms with Crippen molar-refractivity contribution in [3.8, 4) is 22.8 Å². The van der Waals surface area contributed by atoms with Crippen LogP contribution in [-0.2, 0) is 4.74 Å². The first-order valence-corrected chi connectivity index (χ1v) is 11.1. The Bertz CT molecular complexity index is 1280. The molecule has 0 radical (unpaired) electrons. The number of amides is 1. The lowest BCUT2D eigenvalue weighted by Crippen LogP contribution is -2.14. The van der Waals surface area contributed by atoms with E-state index < -0.39 is 0 Å². The molecule has 0 saturated carbocycles. The smallest absolute Gasteiger partial charge is 0.256 e. The Kier molecular flexibility index (Phi) is 7.08. The zero-order chi connectivity index (χ0) is 24.1. The van der Waals surface area contributed by atoms with Gasteiger partial charge in [0.15, 0.2) is 17.1 Å². The van der Waals surface area contributed by atoms with Crippen LogP contribution < -0.4 is 14.8 Å². The van der Waals surface area contributed by atoms with Crippen LogP contribution >= 0.6 is 0 Å². The summed E-state index contributed by atoms with van der Waals surface area (Å²) in [5.41, 5.74) is 3.38. The van der Waals surface area contributed by atoms with Crippen molar-refractivity contribution in [3.05, 3.63) is 66.4 Å². The Morgan fingerprint density at radius 1 is 1.03 bits per heavy atom. The fourth-order valence-corrected chi connectivity index (χ4v) is 3.64. The van der Waals surface area contributed by atoms with Crippen molar-refractivity contribution in [1.29, 1.82) is 0 Å². The Balaban J connectivity index is 1.72. The van der Waals surface area contributed by atoms with Gasteiger partial charge in [-0.05, 0) is 32.0 Å². The van der Waals surface area contributed by atoms with Gasteiger partial charge in [-0.25, -0.2) is 9.67 Å². The van der Waals surface area contributed by atoms with E-state index in [4.69, 9.17) is 19.2 Å². The van der Waals surface area contributed by atoms with E-state index >= 15 is 0 Å². The summed E-state index contributed by atoms with van der Waals surface area (Å²) >= 11 is 0. The fourth-order valence-electron chi connectivity index (χ4n) is 3.64. The van der Waals surface area contributed by atoms with E-state index in [9.17, 15) is 4.79 Å². The molecule has 34 heavy (non-hydrogen) atoms. The zero-order valence-corrected chi connectivity index (χ0v) is 19.7. The van der Waals surface area contributed by atoms with Crippen LogP contribution in [0.3, 0.4) is 0 Å². The molecule has 0 aliphatic rings. The molecular formula is C26H28N4O4. The van der Waals surface area contributed by atoms with Crippen LogP contribution in [0, 0.1) is 0 Å². The lowest BCUT2D eigenvalue weighted by atomic mass is 10.1. The van der Waals surface area contributed by atoms with Gasteiger partial charge in [-0.1, -0.05) is 30.3 Å². The standard InChI is InChI=1S/C26H28N4O4/c1-17(2)30-25-21(16-27-30)20(15-22(29-25)18-8-6-5-7-9-18)26(31)28-19-10-11-23(33-4)24(14-19)34-13-12-32-3/h5-11,14-17H,12-13H2,1-4H3,(H,28,31). The number of hydrogen-bond acceptors (Lipinski definition) is 6. The summed E-state index contributed by atoms with van der Waals surface area (Å²) in [7, 11) is 3.18. The zero-order valence-electron chi connectivity index (χ0n) is 19.7. The van der Waals surface area contributed by atoms with Gasteiger partial charge in [0.2, 0.25) is 0 Å². The second kappa shape index (κ2) is 10.4. The maximum atomic E-state index is 13.4. The number of rotatable bonds is 9. The first kappa shape index (κ1) is 23.3. The van der Waals surface area contributed by atoms with Gasteiger partial charge in [-0.3, -0.25) is 4.79 Å². The van der Waals surface area contributed by atoms with E-state index in [0.29, 0.717) is 52.7 Å². The molecule has 0 aliphatic heterocycles. The minimum Gasteiger partial charge on any atom is -0.493 e. The third kappa shape index (κ3) is 4.87. The molecule has 4 aromatic rings. The van der Waals surface area contributed by atoms with Gasteiger partial charge >= 0.3 is 0 Å². The number of ether oxygens (including phenoxy) is 3. The fraction of sp³-hybridized carbons (Fsp3) is 0.269. The molecule has 176 valence electrons. The summed E-state index contributed by atoms with van der Waals surface area (Å²) in [5.74, 6) is 0.834. The van der Waals surface area contributed by atoms with Crippen molar-refractivity contribution in [2.45, 2.75) is 19.9 Å². The maximum Gasteiger partial charge on any atom is 0.256 e. The molecule has 0 unspecified atom stereocenters. The van der Waals surface area contributed by atoms with Crippen LogP contribution in [-0.4, -0.2) is 48.1 Å². The molecule has 8 heteroatoms. The Labute approximate surface area is 198 Å². The lowest BCUT2D eigenvalue weighted by molar-refractivity contribution is 0.102. The number of hydrogen-bond donors (Lipinski definition) is 1. The lowest BCUT2D eigenvalue weighted by Gasteiger charge is -2.14. The number of anilines is 1. The molecule has 0 fully saturated rings. The second-order valence-corrected chi connectivity index (χ2v) is 8.00. The first-order valence-electron chi connectivity index (χ1n) is 11.1. The average molecular weight is 461 g/mol. The number of nitrogens with zero attached hydrogens (tertiary/aromatic N) is 3. The molecule has 0 bridgehead atoms. The summed E-state index contributed by atoms with van der Waals surface area (Å²) in [6.45, 7) is 4.87. The monoisotopic (exact) mass is 460 g/mol. The van der Waals surface area contributed by atoms with Gasteiger partial charge in [-0.2, -0.15) is 5.10 Å². The molecule has 1 amide bonds. The molecule has 8 nitrogen and oxygen atoms in total. The van der Waals surface area contributed by atoms with Crippen molar-refractivity contribution in [1.82, 2.24) is 14.8 Å². The number of carbonyl (C=O) groups excluding carboxylic acids is 1. The summed E-state index contributed by atoms with van der Waals surface area (Å²) in [4.78, 5) is 18.3. The second-order valence-electron chi connectivity index (χ2n) is 8.00. The predicted octanol–water partition coefficient (Wildman–Crippen LogP) is 4.97. The molecule has 0 saturated heterocycles. The van der Waals surface area contributed by atoms with Crippen molar-refractivity contribution in [2.24, 2.45) is 0 Å². The molecule has 2 heterocycles. The predicted molar refractivity (Wildman–Crippen MR) is 132 cm³/mol. The van der Waals surface area contributed by atoms with Gasteiger partial charge < -0.3 is 19.5 Å². The van der Waals surface area contributed by atoms with Crippen LogP contribution in [0.5, 0.6) is 11.5 Å². The van der Waals surface area contributed by atoms with Gasteiger partial charge in [-0.15, -0.1) is 0 Å². The summed E-state index contributed by atoms with van der Waals surface area (Å²) in [6, 6.07) is 17.0. The van der Waals surface area contributed by atoms with Gasteiger partial charge in [0.25, 0.3) is 5.91 Å². The molecular weight excluding hydrogens is 432 g/mol. The highest BCUT2D eigenvalue weighted by Gasteiger charge is 2.19. The van der Waals surface area contributed by atoms with Gasteiger partial charge in [0.1, 0.15) is 6.61 Å². The number of benzene rings is 2. The maximum absolute atomic E-state index is 13.4. The van der Waals surface area contributed by atoms with E-state index in [1.54, 1.807) is 44.7 Å². The van der Waals surface area contributed by atoms with Crippen molar-refractivity contribution in [2.75, 3.05) is 32.8 Å². The third-order valence-corrected chi connectivity index (χ3v) is 5.34. The highest BCUT2D eigenvalue weighted by Crippen LogP contribution is 2.31. The van der Waals surface area contributed by atoms with Crippen molar-refractivity contribution in [3.63, 3.8) is 0 Å². The Morgan fingerprint density at radius 3 is 2.53 bits per heavy atom. The highest BCUT2D eigenvalue weighted by atomic mass is 16.5. The summed E-state index contributed by atoms with van der Waals surface area (Å²) in [6.07, 6.45) is 1.69. The molecule has 4 rings (SSSR count). The summed E-state index contributed by atoms with van der Waals surface area (Å²) < 4.78 is 18.0. The minimum atomic E-state index is -0.263. The van der Waals surface area contributed by atoms with E-state index in [0.717, 1.165) is 5.56 Å². The number of pyridine rings is 1. The average Bonchev–Trinajstić information content (AvgIpc) is 3.29. The molecule has 2 aromatic carbocycles. The molecule has 1 N–H and O–H groups in total. The number of fused-ring (bicyclic) bond motifs is 1. The Hall–Kier alpha value is -3.91. The summed E-state index contributed by atoms with van der Waals surface area (Å²) in [5, 5.41) is 8.15. The molecule has 0 aliphatic carbocycles. The SMILES string of the molecule is COCCOc1cc(NC(=O)c2cc(-c3ccccc3)nc3c2cnn3C(C)C)ccc1OC. The van der Waals surface area contributed by atoms with E-state index in [1.807, 2.05) is 48.9 Å². The molecule has 0 spiro atoms. The van der Waals surface area contributed by atoms with Crippen LogP contribution in [0.25, 0.3) is 22.3 Å².